The number of nitrogens with zero attached hydrogens (tertiary/aromatic N) is 2. The summed E-state index contributed by atoms with van der Waals surface area (Å²) < 4.78 is 1.59. The van der Waals surface area contributed by atoms with Gasteiger partial charge >= 0.3 is 0 Å². The molecule has 0 saturated heterocycles. The number of benzene rings is 3. The van der Waals surface area contributed by atoms with Crippen LogP contribution >= 0.6 is 0 Å². The van der Waals surface area contributed by atoms with E-state index in [-0.39, 0.29) is 5.69 Å². The van der Waals surface area contributed by atoms with Crippen LogP contribution in [0.3, 0.4) is 0 Å². The first-order valence-corrected chi connectivity index (χ1v) is 9.50. The Morgan fingerprint density at radius 2 is 1.37 bits per heavy atom. The fraction of sp³-hybridized carbons (Fsp3) is 0.0417. The maximum absolute atomic E-state index is 12.7. The minimum absolute atomic E-state index is 0.157. The van der Waals surface area contributed by atoms with Gasteiger partial charge in [-0.2, -0.15) is 5.10 Å². The molecule has 2 N–H and O–H groups in total. The van der Waals surface area contributed by atoms with Gasteiger partial charge in [-0.1, -0.05) is 36.4 Å². The van der Waals surface area contributed by atoms with E-state index in [2.05, 4.69) is 15.7 Å². The fourth-order valence-corrected chi connectivity index (χ4v) is 3.05. The van der Waals surface area contributed by atoms with Crippen molar-refractivity contribution in [2.24, 2.45) is 0 Å². The minimum atomic E-state index is -0.548. The lowest BCUT2D eigenvalue weighted by Crippen LogP contribution is -2.26. The number of amides is 1. The van der Waals surface area contributed by atoms with E-state index in [0.29, 0.717) is 11.4 Å². The highest BCUT2D eigenvalue weighted by molar-refractivity contribution is 6.02. The molecule has 148 valence electrons. The molecule has 0 radical (unpaired) electrons. The van der Waals surface area contributed by atoms with Crippen LogP contribution in [-0.2, 0) is 0 Å². The zero-order valence-corrected chi connectivity index (χ0v) is 16.4. The first-order chi connectivity index (χ1) is 14.6. The topological polar surface area (TPSA) is 76.0 Å². The number of carbonyl (C=O) groups is 1. The van der Waals surface area contributed by atoms with Gasteiger partial charge in [-0.15, -0.1) is 0 Å². The van der Waals surface area contributed by atoms with Crippen molar-refractivity contribution >= 4 is 23.0 Å². The molecule has 0 aliphatic carbocycles. The molecule has 0 aliphatic heterocycles. The molecule has 0 saturated carbocycles. The standard InChI is InChI=1S/C24H20N4O2/c1-17-16-22(29)23(27-28(17)21-10-6-3-7-11-21)24(30)26-20-14-12-19(13-15-20)25-18-8-4-2-5-9-18/h2-16,25H,1H3,(H,26,30). The van der Waals surface area contributed by atoms with Gasteiger partial charge in [-0.05, 0) is 55.5 Å². The molecule has 6 nitrogen and oxygen atoms in total. The third-order valence-corrected chi connectivity index (χ3v) is 4.53. The van der Waals surface area contributed by atoms with E-state index in [1.807, 2.05) is 72.8 Å². The average Bonchev–Trinajstić information content (AvgIpc) is 2.76. The number of para-hydroxylation sites is 2. The quantitative estimate of drug-likeness (QED) is 0.519. The molecule has 0 bridgehead atoms. The smallest absolute Gasteiger partial charge is 0.280 e. The molecule has 4 rings (SSSR count). The number of hydrogen-bond acceptors (Lipinski definition) is 4. The second kappa shape index (κ2) is 8.45. The van der Waals surface area contributed by atoms with E-state index in [1.165, 1.54) is 6.07 Å². The van der Waals surface area contributed by atoms with Gasteiger partial charge in [-0.3, -0.25) is 9.59 Å². The zero-order valence-electron chi connectivity index (χ0n) is 16.4. The van der Waals surface area contributed by atoms with Crippen molar-refractivity contribution < 1.29 is 4.79 Å². The van der Waals surface area contributed by atoms with E-state index in [9.17, 15) is 9.59 Å². The molecule has 4 aromatic rings. The third-order valence-electron chi connectivity index (χ3n) is 4.53. The van der Waals surface area contributed by atoms with Crippen molar-refractivity contribution in [3.05, 3.63) is 113 Å². The lowest BCUT2D eigenvalue weighted by atomic mass is 10.2. The number of aromatic nitrogens is 2. The Morgan fingerprint density at radius 1 is 0.800 bits per heavy atom. The summed E-state index contributed by atoms with van der Waals surface area (Å²) >= 11 is 0. The van der Waals surface area contributed by atoms with Crippen molar-refractivity contribution in [2.75, 3.05) is 10.6 Å². The molecule has 0 aliphatic rings. The Bertz CT molecular complexity index is 1220. The van der Waals surface area contributed by atoms with Crippen LogP contribution in [0.25, 0.3) is 5.69 Å². The first-order valence-electron chi connectivity index (χ1n) is 9.50. The van der Waals surface area contributed by atoms with Crippen molar-refractivity contribution in [2.45, 2.75) is 6.92 Å². The maximum atomic E-state index is 12.7. The largest absolute Gasteiger partial charge is 0.356 e. The van der Waals surface area contributed by atoms with Crippen molar-refractivity contribution in [1.29, 1.82) is 0 Å². The molecule has 6 heteroatoms. The normalized spacial score (nSPS) is 10.4. The molecule has 3 aromatic carbocycles. The summed E-state index contributed by atoms with van der Waals surface area (Å²) in [6.07, 6.45) is 0. The second-order valence-electron chi connectivity index (χ2n) is 6.77. The summed E-state index contributed by atoms with van der Waals surface area (Å²) in [6.45, 7) is 1.78. The van der Waals surface area contributed by atoms with Crippen molar-refractivity contribution in [3.8, 4) is 5.69 Å². The second-order valence-corrected chi connectivity index (χ2v) is 6.77. The Kier molecular flexibility index (Phi) is 5.39. The summed E-state index contributed by atoms with van der Waals surface area (Å²) in [7, 11) is 0. The average molecular weight is 396 g/mol. The van der Waals surface area contributed by atoms with E-state index >= 15 is 0 Å². The number of hydrogen-bond donors (Lipinski definition) is 2. The van der Waals surface area contributed by atoms with Crippen LogP contribution in [0, 0.1) is 6.92 Å². The number of aryl methyl sites for hydroxylation is 1. The zero-order chi connectivity index (χ0) is 20.9. The molecule has 1 aromatic heterocycles. The van der Waals surface area contributed by atoms with Gasteiger partial charge in [0.15, 0.2) is 5.69 Å². The van der Waals surface area contributed by atoms with E-state index < -0.39 is 11.3 Å². The maximum Gasteiger partial charge on any atom is 0.280 e. The molecule has 1 heterocycles. The highest BCUT2D eigenvalue weighted by Crippen LogP contribution is 2.19. The number of nitrogens with one attached hydrogen (secondary N) is 2. The Balaban J connectivity index is 1.53. The van der Waals surface area contributed by atoms with Gasteiger partial charge < -0.3 is 10.6 Å². The van der Waals surface area contributed by atoms with Gasteiger partial charge in [0.25, 0.3) is 5.91 Å². The van der Waals surface area contributed by atoms with Gasteiger partial charge in [-0.25, -0.2) is 4.68 Å². The number of carbonyl (C=O) groups excluding carboxylic acids is 1. The summed E-state index contributed by atoms with van der Waals surface area (Å²) in [5, 5.41) is 10.3. The Hall–Kier alpha value is -4.19. The first kappa shape index (κ1) is 19.1. The van der Waals surface area contributed by atoms with Gasteiger partial charge in [0, 0.05) is 28.8 Å². The number of anilines is 3. The van der Waals surface area contributed by atoms with E-state index in [1.54, 1.807) is 23.7 Å². The molecule has 0 fully saturated rings. The molecule has 30 heavy (non-hydrogen) atoms. The summed E-state index contributed by atoms with van der Waals surface area (Å²) in [5.74, 6) is -0.548. The Morgan fingerprint density at radius 3 is 2.03 bits per heavy atom. The highest BCUT2D eigenvalue weighted by Gasteiger charge is 2.15. The minimum Gasteiger partial charge on any atom is -0.356 e. The Labute approximate surface area is 173 Å². The van der Waals surface area contributed by atoms with Crippen LogP contribution in [0.15, 0.2) is 95.8 Å². The highest BCUT2D eigenvalue weighted by atomic mass is 16.2. The van der Waals surface area contributed by atoms with Crippen molar-refractivity contribution in [3.63, 3.8) is 0 Å². The van der Waals surface area contributed by atoms with Crippen LogP contribution in [0.5, 0.6) is 0 Å². The summed E-state index contributed by atoms with van der Waals surface area (Å²) in [4.78, 5) is 25.1. The fourth-order valence-electron chi connectivity index (χ4n) is 3.05. The molecular weight excluding hydrogens is 376 g/mol. The predicted molar refractivity (Wildman–Crippen MR) is 119 cm³/mol. The van der Waals surface area contributed by atoms with Crippen LogP contribution in [-0.4, -0.2) is 15.7 Å². The van der Waals surface area contributed by atoms with Gasteiger partial charge in [0.2, 0.25) is 5.43 Å². The van der Waals surface area contributed by atoms with E-state index in [0.717, 1.165) is 17.1 Å². The number of rotatable bonds is 5. The summed E-state index contributed by atoms with van der Waals surface area (Å²) in [5.41, 5.74) is 3.29. The van der Waals surface area contributed by atoms with Gasteiger partial charge in [0.1, 0.15) is 0 Å². The van der Waals surface area contributed by atoms with Crippen LogP contribution in [0.1, 0.15) is 16.2 Å². The third kappa shape index (κ3) is 4.28. The molecule has 0 spiro atoms. The van der Waals surface area contributed by atoms with E-state index in [4.69, 9.17) is 0 Å². The van der Waals surface area contributed by atoms with Crippen molar-refractivity contribution in [1.82, 2.24) is 9.78 Å². The SMILES string of the molecule is Cc1cc(=O)c(C(=O)Nc2ccc(Nc3ccccc3)cc2)nn1-c1ccccc1. The predicted octanol–water partition coefficient (Wildman–Crippen LogP) is 4.54. The van der Waals surface area contributed by atoms with Crippen LogP contribution in [0.4, 0.5) is 17.1 Å². The summed E-state index contributed by atoms with van der Waals surface area (Å²) in [6, 6.07) is 27.8. The monoisotopic (exact) mass is 396 g/mol. The lowest BCUT2D eigenvalue weighted by Gasteiger charge is -2.12. The molecule has 1 amide bonds. The molecule has 0 unspecified atom stereocenters. The molecular formula is C24H20N4O2. The van der Waals surface area contributed by atoms with Gasteiger partial charge in [0.05, 0.1) is 5.69 Å². The van der Waals surface area contributed by atoms with Crippen LogP contribution < -0.4 is 16.1 Å². The lowest BCUT2D eigenvalue weighted by molar-refractivity contribution is 0.101. The van der Waals surface area contributed by atoms with Crippen LogP contribution in [0.2, 0.25) is 0 Å². The molecule has 0 atom stereocenters.